The standard InChI is InChI=1S/C15H15Cl2NOS/c16-8-2-1-5-15(19)18-13-10-11(17)6-7-12(13)14-4-3-9-20-14/h3-4,6-7,9-10H,1-2,5,8H2,(H,18,19). The first kappa shape index (κ1) is 15.4. The first-order valence-corrected chi connectivity index (χ1v) is 8.19. The van der Waals surface area contributed by atoms with Crippen LogP contribution in [0.4, 0.5) is 5.69 Å². The number of anilines is 1. The second-order valence-electron chi connectivity index (χ2n) is 4.36. The van der Waals surface area contributed by atoms with Crippen molar-refractivity contribution >= 4 is 46.1 Å². The number of alkyl halides is 1. The summed E-state index contributed by atoms with van der Waals surface area (Å²) in [4.78, 5) is 13.0. The number of rotatable bonds is 6. The number of thiophene rings is 1. The third-order valence-electron chi connectivity index (χ3n) is 2.83. The van der Waals surface area contributed by atoms with Gasteiger partial charge in [0.25, 0.3) is 0 Å². The Morgan fingerprint density at radius 1 is 1.25 bits per heavy atom. The summed E-state index contributed by atoms with van der Waals surface area (Å²) in [5.74, 6) is 0.584. The van der Waals surface area contributed by atoms with Crippen molar-refractivity contribution in [3.63, 3.8) is 0 Å². The number of nitrogens with one attached hydrogen (secondary N) is 1. The van der Waals surface area contributed by atoms with Gasteiger partial charge in [0.1, 0.15) is 0 Å². The van der Waals surface area contributed by atoms with Gasteiger partial charge in [0.15, 0.2) is 0 Å². The number of benzene rings is 1. The highest BCUT2D eigenvalue weighted by molar-refractivity contribution is 7.13. The maximum Gasteiger partial charge on any atom is 0.224 e. The van der Waals surface area contributed by atoms with E-state index >= 15 is 0 Å². The molecular formula is C15H15Cl2NOS. The molecule has 1 N–H and O–H groups in total. The average molecular weight is 328 g/mol. The summed E-state index contributed by atoms with van der Waals surface area (Å²) in [7, 11) is 0. The van der Waals surface area contributed by atoms with Crippen LogP contribution in [0, 0.1) is 0 Å². The SMILES string of the molecule is O=C(CCCCCl)Nc1cc(Cl)ccc1-c1cccs1. The summed E-state index contributed by atoms with van der Waals surface area (Å²) in [6.45, 7) is 0. The van der Waals surface area contributed by atoms with Crippen molar-refractivity contribution in [2.75, 3.05) is 11.2 Å². The predicted octanol–water partition coefficient (Wildman–Crippen LogP) is 5.42. The van der Waals surface area contributed by atoms with E-state index in [0.717, 1.165) is 29.0 Å². The molecule has 0 unspecified atom stereocenters. The van der Waals surface area contributed by atoms with Gasteiger partial charge >= 0.3 is 0 Å². The average Bonchev–Trinajstić information content (AvgIpc) is 2.93. The minimum Gasteiger partial charge on any atom is -0.325 e. The van der Waals surface area contributed by atoms with E-state index in [9.17, 15) is 4.79 Å². The third kappa shape index (κ3) is 4.23. The maximum atomic E-state index is 11.9. The zero-order chi connectivity index (χ0) is 14.4. The van der Waals surface area contributed by atoms with Crippen LogP contribution in [0.1, 0.15) is 19.3 Å². The van der Waals surface area contributed by atoms with E-state index in [0.29, 0.717) is 17.3 Å². The third-order valence-corrected chi connectivity index (χ3v) is 4.24. The van der Waals surface area contributed by atoms with Crippen molar-refractivity contribution in [3.8, 4) is 10.4 Å². The Morgan fingerprint density at radius 3 is 2.80 bits per heavy atom. The van der Waals surface area contributed by atoms with Crippen LogP contribution in [-0.4, -0.2) is 11.8 Å². The van der Waals surface area contributed by atoms with Crippen LogP contribution >= 0.6 is 34.5 Å². The summed E-state index contributed by atoms with van der Waals surface area (Å²) in [5, 5.41) is 5.56. The van der Waals surface area contributed by atoms with E-state index in [1.807, 2.05) is 29.6 Å². The number of carbonyl (C=O) groups excluding carboxylic acids is 1. The lowest BCUT2D eigenvalue weighted by Gasteiger charge is -2.10. The number of amides is 1. The molecule has 2 nitrogen and oxygen atoms in total. The number of hydrogen-bond acceptors (Lipinski definition) is 2. The molecule has 0 saturated heterocycles. The molecular weight excluding hydrogens is 313 g/mol. The highest BCUT2D eigenvalue weighted by Gasteiger charge is 2.10. The number of halogens is 2. The van der Waals surface area contributed by atoms with E-state index in [1.165, 1.54) is 0 Å². The number of unbranched alkanes of at least 4 members (excludes halogenated alkanes) is 1. The van der Waals surface area contributed by atoms with Crippen molar-refractivity contribution in [1.82, 2.24) is 0 Å². The molecule has 0 atom stereocenters. The van der Waals surface area contributed by atoms with Crippen LogP contribution in [0.5, 0.6) is 0 Å². The molecule has 20 heavy (non-hydrogen) atoms. The lowest BCUT2D eigenvalue weighted by Crippen LogP contribution is -2.11. The number of hydrogen-bond donors (Lipinski definition) is 1. The summed E-state index contributed by atoms with van der Waals surface area (Å²) in [5.41, 5.74) is 1.76. The molecule has 1 amide bonds. The quantitative estimate of drug-likeness (QED) is 0.557. The van der Waals surface area contributed by atoms with Gasteiger partial charge in [-0.15, -0.1) is 22.9 Å². The van der Waals surface area contributed by atoms with Gasteiger partial charge in [0.2, 0.25) is 5.91 Å². The highest BCUT2D eigenvalue weighted by Crippen LogP contribution is 2.33. The smallest absolute Gasteiger partial charge is 0.224 e. The molecule has 1 aromatic heterocycles. The second kappa shape index (κ2) is 7.67. The molecule has 106 valence electrons. The van der Waals surface area contributed by atoms with Crippen molar-refractivity contribution in [1.29, 1.82) is 0 Å². The fourth-order valence-electron chi connectivity index (χ4n) is 1.86. The monoisotopic (exact) mass is 327 g/mol. The molecule has 0 saturated carbocycles. The molecule has 0 aliphatic heterocycles. The summed E-state index contributed by atoms with van der Waals surface area (Å²) < 4.78 is 0. The molecule has 0 fully saturated rings. The summed E-state index contributed by atoms with van der Waals surface area (Å²) >= 11 is 13.3. The zero-order valence-electron chi connectivity index (χ0n) is 10.9. The number of carbonyl (C=O) groups is 1. The van der Waals surface area contributed by atoms with Gasteiger partial charge in [-0.3, -0.25) is 4.79 Å². The first-order valence-electron chi connectivity index (χ1n) is 6.40. The molecule has 0 aliphatic carbocycles. The van der Waals surface area contributed by atoms with Crippen molar-refractivity contribution in [2.24, 2.45) is 0 Å². The van der Waals surface area contributed by atoms with Gasteiger partial charge < -0.3 is 5.32 Å². The Kier molecular flexibility index (Phi) is 5.89. The predicted molar refractivity (Wildman–Crippen MR) is 88.0 cm³/mol. The molecule has 1 heterocycles. The molecule has 1 aromatic carbocycles. The van der Waals surface area contributed by atoms with E-state index in [-0.39, 0.29) is 5.91 Å². The van der Waals surface area contributed by atoms with E-state index in [4.69, 9.17) is 23.2 Å². The first-order chi connectivity index (χ1) is 9.70. The topological polar surface area (TPSA) is 29.1 Å². The molecule has 2 rings (SSSR count). The van der Waals surface area contributed by atoms with Crippen LogP contribution in [0.2, 0.25) is 5.02 Å². The van der Waals surface area contributed by atoms with Gasteiger partial charge in [-0.2, -0.15) is 0 Å². The molecule has 0 bridgehead atoms. The largest absolute Gasteiger partial charge is 0.325 e. The normalized spacial score (nSPS) is 10.5. The molecule has 0 spiro atoms. The van der Waals surface area contributed by atoms with Gasteiger partial charge in [-0.05, 0) is 42.5 Å². The fourth-order valence-corrected chi connectivity index (χ4v) is 2.99. The van der Waals surface area contributed by atoms with Crippen LogP contribution in [-0.2, 0) is 4.79 Å². The van der Waals surface area contributed by atoms with Crippen LogP contribution in [0.15, 0.2) is 35.7 Å². The van der Waals surface area contributed by atoms with Crippen molar-refractivity contribution in [3.05, 3.63) is 40.7 Å². The Labute approximate surface area is 132 Å². The minimum absolute atomic E-state index is 0.00445. The van der Waals surface area contributed by atoms with Crippen LogP contribution in [0.3, 0.4) is 0 Å². The molecule has 5 heteroatoms. The summed E-state index contributed by atoms with van der Waals surface area (Å²) in [6, 6.07) is 9.57. The van der Waals surface area contributed by atoms with Gasteiger partial charge in [0, 0.05) is 27.8 Å². The summed E-state index contributed by atoms with van der Waals surface area (Å²) in [6.07, 6.45) is 2.12. The van der Waals surface area contributed by atoms with Crippen molar-refractivity contribution in [2.45, 2.75) is 19.3 Å². The molecule has 0 radical (unpaired) electrons. The maximum absolute atomic E-state index is 11.9. The lowest BCUT2D eigenvalue weighted by molar-refractivity contribution is -0.116. The fraction of sp³-hybridized carbons (Fsp3) is 0.267. The highest BCUT2D eigenvalue weighted by atomic mass is 35.5. The Hall–Kier alpha value is -1.03. The Balaban J connectivity index is 2.14. The lowest BCUT2D eigenvalue weighted by atomic mass is 10.1. The van der Waals surface area contributed by atoms with Gasteiger partial charge in [-0.25, -0.2) is 0 Å². The Morgan fingerprint density at radius 2 is 2.10 bits per heavy atom. The van der Waals surface area contributed by atoms with E-state index in [2.05, 4.69) is 5.32 Å². The van der Waals surface area contributed by atoms with Gasteiger partial charge in [0.05, 0.1) is 5.69 Å². The van der Waals surface area contributed by atoms with E-state index in [1.54, 1.807) is 17.4 Å². The van der Waals surface area contributed by atoms with Crippen LogP contribution in [0.25, 0.3) is 10.4 Å². The molecule has 2 aromatic rings. The minimum atomic E-state index is -0.00445. The molecule has 0 aliphatic rings. The zero-order valence-corrected chi connectivity index (χ0v) is 13.2. The van der Waals surface area contributed by atoms with Gasteiger partial charge in [-0.1, -0.05) is 17.7 Å². The van der Waals surface area contributed by atoms with E-state index < -0.39 is 0 Å². The second-order valence-corrected chi connectivity index (χ2v) is 6.12. The van der Waals surface area contributed by atoms with Crippen LogP contribution < -0.4 is 5.32 Å². The Bertz CT molecular complexity index is 569. The van der Waals surface area contributed by atoms with Crippen molar-refractivity contribution < 1.29 is 4.79 Å².